The van der Waals surface area contributed by atoms with Crippen LogP contribution in [0.1, 0.15) is 64.7 Å². The number of amides is 1. The van der Waals surface area contributed by atoms with E-state index in [9.17, 15) is 4.79 Å². The molecule has 2 aliphatic rings. The Morgan fingerprint density at radius 2 is 2.06 bits per heavy atom. The number of nitrogens with one attached hydrogen (secondary N) is 2. The Morgan fingerprint density at radius 1 is 1.29 bits per heavy atom. The molecule has 0 aromatic heterocycles. The van der Waals surface area contributed by atoms with Crippen LogP contribution in [0, 0.1) is 0 Å². The summed E-state index contributed by atoms with van der Waals surface area (Å²) in [6.45, 7) is 3.16. The summed E-state index contributed by atoms with van der Waals surface area (Å²) in [5, 5.41) is 6.73. The maximum absolute atomic E-state index is 12.5. The average Bonchev–Trinajstić information content (AvgIpc) is 2.81. The first kappa shape index (κ1) is 12.9. The summed E-state index contributed by atoms with van der Waals surface area (Å²) in [5.41, 5.74) is -0.244. The zero-order chi connectivity index (χ0) is 12.1. The van der Waals surface area contributed by atoms with Crippen LogP contribution in [0.15, 0.2) is 0 Å². The Hall–Kier alpha value is -0.570. The average molecular weight is 238 g/mol. The van der Waals surface area contributed by atoms with Crippen molar-refractivity contribution in [2.45, 2.75) is 76.3 Å². The quantitative estimate of drug-likeness (QED) is 0.789. The van der Waals surface area contributed by atoms with E-state index in [-0.39, 0.29) is 11.4 Å². The van der Waals surface area contributed by atoms with Crippen molar-refractivity contribution in [3.05, 3.63) is 0 Å². The molecule has 1 amide bonds. The highest BCUT2D eigenvalue weighted by Gasteiger charge is 2.40. The molecule has 1 aliphatic carbocycles. The molecule has 2 fully saturated rings. The minimum atomic E-state index is -0.244. The molecule has 98 valence electrons. The van der Waals surface area contributed by atoms with E-state index in [1.54, 1.807) is 0 Å². The maximum Gasteiger partial charge on any atom is 0.240 e. The van der Waals surface area contributed by atoms with E-state index >= 15 is 0 Å². The summed E-state index contributed by atoms with van der Waals surface area (Å²) in [7, 11) is 0. The molecule has 1 saturated carbocycles. The van der Waals surface area contributed by atoms with Gasteiger partial charge in [-0.15, -0.1) is 0 Å². The van der Waals surface area contributed by atoms with Crippen LogP contribution >= 0.6 is 0 Å². The fourth-order valence-electron chi connectivity index (χ4n) is 3.32. The van der Waals surface area contributed by atoms with E-state index in [1.807, 2.05) is 0 Å². The van der Waals surface area contributed by atoms with Crippen molar-refractivity contribution < 1.29 is 4.79 Å². The topological polar surface area (TPSA) is 41.1 Å². The van der Waals surface area contributed by atoms with Crippen LogP contribution in [0.2, 0.25) is 0 Å². The molecule has 1 unspecified atom stereocenters. The van der Waals surface area contributed by atoms with Gasteiger partial charge in [-0.1, -0.05) is 32.6 Å². The van der Waals surface area contributed by atoms with Crippen molar-refractivity contribution in [2.24, 2.45) is 0 Å². The Kier molecular flexibility index (Phi) is 4.43. The van der Waals surface area contributed by atoms with Crippen LogP contribution in [0.3, 0.4) is 0 Å². The molecule has 3 nitrogen and oxygen atoms in total. The van der Waals surface area contributed by atoms with Gasteiger partial charge in [0.1, 0.15) is 0 Å². The second-order valence-electron chi connectivity index (χ2n) is 5.67. The lowest BCUT2D eigenvalue weighted by Crippen LogP contribution is -2.55. The van der Waals surface area contributed by atoms with Gasteiger partial charge < -0.3 is 10.6 Å². The van der Waals surface area contributed by atoms with Gasteiger partial charge in [0.05, 0.1) is 5.54 Å². The highest BCUT2D eigenvalue weighted by Crippen LogP contribution is 2.26. The zero-order valence-electron chi connectivity index (χ0n) is 11.1. The molecule has 0 bridgehead atoms. The molecule has 2 N–H and O–H groups in total. The van der Waals surface area contributed by atoms with E-state index in [2.05, 4.69) is 17.6 Å². The molecule has 0 aromatic carbocycles. The van der Waals surface area contributed by atoms with E-state index in [4.69, 9.17) is 0 Å². The fourth-order valence-corrected chi connectivity index (χ4v) is 3.32. The van der Waals surface area contributed by atoms with E-state index in [1.165, 1.54) is 32.1 Å². The maximum atomic E-state index is 12.5. The monoisotopic (exact) mass is 238 g/mol. The second-order valence-corrected chi connectivity index (χ2v) is 5.67. The molecule has 1 heterocycles. The number of hydrogen-bond donors (Lipinski definition) is 2. The molecule has 0 aromatic rings. The minimum Gasteiger partial charge on any atom is -0.352 e. The Bertz CT molecular complexity index is 253. The SMILES string of the molecule is CCCC1(C(=O)NC2CCCCC2)CCCN1. The molecular formula is C14H26N2O. The Labute approximate surface area is 105 Å². The molecule has 0 radical (unpaired) electrons. The second kappa shape index (κ2) is 5.85. The molecule has 17 heavy (non-hydrogen) atoms. The third-order valence-electron chi connectivity index (χ3n) is 4.30. The molecule has 1 atom stereocenters. The number of hydrogen-bond acceptors (Lipinski definition) is 2. The first-order valence-electron chi connectivity index (χ1n) is 7.33. The van der Waals surface area contributed by atoms with E-state index in [0.29, 0.717) is 6.04 Å². The van der Waals surface area contributed by atoms with Gasteiger partial charge in [-0.3, -0.25) is 4.79 Å². The predicted octanol–water partition coefficient (Wildman–Crippen LogP) is 2.36. The predicted molar refractivity (Wildman–Crippen MR) is 69.9 cm³/mol. The Balaban J connectivity index is 1.91. The zero-order valence-corrected chi connectivity index (χ0v) is 11.1. The summed E-state index contributed by atoms with van der Waals surface area (Å²) >= 11 is 0. The van der Waals surface area contributed by atoms with Crippen LogP contribution in [0.25, 0.3) is 0 Å². The van der Waals surface area contributed by atoms with Crippen molar-refractivity contribution in [1.29, 1.82) is 0 Å². The van der Waals surface area contributed by atoms with Gasteiger partial charge in [-0.05, 0) is 38.6 Å². The summed E-state index contributed by atoms with van der Waals surface area (Å²) < 4.78 is 0. The van der Waals surface area contributed by atoms with Crippen LogP contribution < -0.4 is 10.6 Å². The lowest BCUT2D eigenvalue weighted by molar-refractivity contribution is -0.128. The first-order chi connectivity index (χ1) is 8.27. The summed E-state index contributed by atoms with van der Waals surface area (Å²) in [6, 6.07) is 0.437. The lowest BCUT2D eigenvalue weighted by Gasteiger charge is -2.31. The van der Waals surface area contributed by atoms with Gasteiger partial charge in [0.15, 0.2) is 0 Å². The first-order valence-corrected chi connectivity index (χ1v) is 7.33. The summed E-state index contributed by atoms with van der Waals surface area (Å²) in [6.07, 6.45) is 10.4. The van der Waals surface area contributed by atoms with Crippen LogP contribution in [-0.2, 0) is 4.79 Å². The fraction of sp³-hybridized carbons (Fsp3) is 0.929. The van der Waals surface area contributed by atoms with Gasteiger partial charge in [0, 0.05) is 6.04 Å². The third-order valence-corrected chi connectivity index (χ3v) is 4.30. The van der Waals surface area contributed by atoms with Gasteiger partial charge in [-0.2, -0.15) is 0 Å². The largest absolute Gasteiger partial charge is 0.352 e. The third kappa shape index (κ3) is 3.01. The Morgan fingerprint density at radius 3 is 2.65 bits per heavy atom. The van der Waals surface area contributed by atoms with Crippen LogP contribution in [0.5, 0.6) is 0 Å². The van der Waals surface area contributed by atoms with E-state index < -0.39 is 0 Å². The molecule has 2 rings (SSSR count). The highest BCUT2D eigenvalue weighted by atomic mass is 16.2. The van der Waals surface area contributed by atoms with Crippen molar-refractivity contribution in [2.75, 3.05) is 6.54 Å². The summed E-state index contributed by atoms with van der Waals surface area (Å²) in [5.74, 6) is 0.267. The van der Waals surface area contributed by atoms with Crippen LogP contribution in [-0.4, -0.2) is 24.0 Å². The van der Waals surface area contributed by atoms with Gasteiger partial charge in [0.2, 0.25) is 5.91 Å². The summed E-state index contributed by atoms with van der Waals surface area (Å²) in [4.78, 5) is 12.5. The lowest BCUT2D eigenvalue weighted by atomic mass is 9.89. The number of carbonyl (C=O) groups excluding carboxylic acids is 1. The normalized spacial score (nSPS) is 30.4. The molecule has 1 saturated heterocycles. The van der Waals surface area contributed by atoms with Crippen molar-refractivity contribution >= 4 is 5.91 Å². The molecular weight excluding hydrogens is 212 g/mol. The standard InChI is InChI=1S/C14H26N2O/c1-2-9-14(10-6-11-15-14)13(17)16-12-7-4-3-5-8-12/h12,15H,2-11H2,1H3,(H,16,17). The highest BCUT2D eigenvalue weighted by molar-refractivity contribution is 5.86. The van der Waals surface area contributed by atoms with Gasteiger partial charge >= 0.3 is 0 Å². The number of carbonyl (C=O) groups is 1. The van der Waals surface area contributed by atoms with Gasteiger partial charge in [0.25, 0.3) is 0 Å². The van der Waals surface area contributed by atoms with Gasteiger partial charge in [-0.25, -0.2) is 0 Å². The van der Waals surface area contributed by atoms with Crippen molar-refractivity contribution in [1.82, 2.24) is 10.6 Å². The molecule has 0 spiro atoms. The smallest absolute Gasteiger partial charge is 0.240 e. The van der Waals surface area contributed by atoms with Crippen molar-refractivity contribution in [3.8, 4) is 0 Å². The van der Waals surface area contributed by atoms with Crippen LogP contribution in [0.4, 0.5) is 0 Å². The molecule has 3 heteroatoms. The minimum absolute atomic E-state index is 0.244. The van der Waals surface area contributed by atoms with Crippen molar-refractivity contribution in [3.63, 3.8) is 0 Å². The van der Waals surface area contributed by atoms with E-state index in [0.717, 1.165) is 32.2 Å². The molecule has 1 aliphatic heterocycles. The number of rotatable bonds is 4.